The zero-order valence-electron chi connectivity index (χ0n) is 8.30. The molecule has 1 unspecified atom stereocenters. The van der Waals surface area contributed by atoms with Gasteiger partial charge < -0.3 is 10.1 Å². The summed E-state index contributed by atoms with van der Waals surface area (Å²) in [5, 5.41) is 4.55. The molecule has 82 valence electrons. The molecule has 1 atom stereocenters. The van der Waals surface area contributed by atoms with Crippen LogP contribution in [0, 0.1) is 0 Å². The van der Waals surface area contributed by atoms with E-state index in [2.05, 4.69) is 5.32 Å². The Bertz CT molecular complexity index is 337. The summed E-state index contributed by atoms with van der Waals surface area (Å²) in [5.41, 5.74) is 0. The molecule has 0 amide bonds. The SMILES string of the molecule is Clc1ccc(Cl)c(OC2CCCNC2)c1. The van der Waals surface area contributed by atoms with Gasteiger partial charge in [0, 0.05) is 17.6 Å². The number of rotatable bonds is 2. The van der Waals surface area contributed by atoms with Crippen molar-refractivity contribution in [1.82, 2.24) is 5.32 Å². The summed E-state index contributed by atoms with van der Waals surface area (Å²) in [6.07, 6.45) is 2.41. The van der Waals surface area contributed by atoms with Crippen molar-refractivity contribution in [2.75, 3.05) is 13.1 Å². The second-order valence-electron chi connectivity index (χ2n) is 3.66. The van der Waals surface area contributed by atoms with Gasteiger partial charge in [0.1, 0.15) is 11.9 Å². The van der Waals surface area contributed by atoms with Crippen LogP contribution in [0.1, 0.15) is 12.8 Å². The van der Waals surface area contributed by atoms with Gasteiger partial charge in [0.2, 0.25) is 0 Å². The molecule has 0 radical (unpaired) electrons. The molecular weight excluding hydrogens is 233 g/mol. The lowest BCUT2D eigenvalue weighted by molar-refractivity contribution is 0.167. The average Bonchev–Trinajstić information content (AvgIpc) is 2.25. The van der Waals surface area contributed by atoms with Crippen molar-refractivity contribution < 1.29 is 4.74 Å². The molecule has 1 aromatic rings. The fourth-order valence-corrected chi connectivity index (χ4v) is 1.99. The minimum atomic E-state index is 0.203. The molecule has 0 spiro atoms. The number of ether oxygens (including phenoxy) is 1. The van der Waals surface area contributed by atoms with Crippen molar-refractivity contribution in [3.8, 4) is 5.75 Å². The lowest BCUT2D eigenvalue weighted by Crippen LogP contribution is -2.37. The first kappa shape index (κ1) is 11.1. The molecule has 0 aromatic heterocycles. The molecule has 0 bridgehead atoms. The standard InChI is InChI=1S/C11H13Cl2NO/c12-8-3-4-10(13)11(6-8)15-9-2-1-5-14-7-9/h3-4,6,9,14H,1-2,5,7H2. The minimum absolute atomic E-state index is 0.203. The van der Waals surface area contributed by atoms with Crippen molar-refractivity contribution >= 4 is 23.2 Å². The first-order valence-corrected chi connectivity index (χ1v) is 5.84. The Morgan fingerprint density at radius 2 is 2.20 bits per heavy atom. The van der Waals surface area contributed by atoms with Gasteiger partial charge in [0.05, 0.1) is 5.02 Å². The van der Waals surface area contributed by atoms with E-state index in [4.69, 9.17) is 27.9 Å². The van der Waals surface area contributed by atoms with Crippen LogP contribution < -0.4 is 10.1 Å². The lowest BCUT2D eigenvalue weighted by Gasteiger charge is -2.24. The monoisotopic (exact) mass is 245 g/mol. The van der Waals surface area contributed by atoms with E-state index in [1.165, 1.54) is 0 Å². The number of piperidine rings is 1. The maximum Gasteiger partial charge on any atom is 0.139 e. The number of halogens is 2. The minimum Gasteiger partial charge on any atom is -0.487 e. The zero-order chi connectivity index (χ0) is 10.7. The Labute approximate surface area is 99.5 Å². The van der Waals surface area contributed by atoms with Gasteiger partial charge in [0.25, 0.3) is 0 Å². The van der Waals surface area contributed by atoms with Crippen molar-refractivity contribution in [3.05, 3.63) is 28.2 Å². The molecule has 1 aliphatic heterocycles. The fourth-order valence-electron chi connectivity index (χ4n) is 1.67. The molecule has 1 fully saturated rings. The molecule has 15 heavy (non-hydrogen) atoms. The van der Waals surface area contributed by atoms with Crippen LogP contribution in [0.5, 0.6) is 5.75 Å². The van der Waals surface area contributed by atoms with Gasteiger partial charge in [-0.3, -0.25) is 0 Å². The van der Waals surface area contributed by atoms with Gasteiger partial charge in [-0.15, -0.1) is 0 Å². The summed E-state index contributed by atoms with van der Waals surface area (Å²) < 4.78 is 5.79. The number of benzene rings is 1. The summed E-state index contributed by atoms with van der Waals surface area (Å²) >= 11 is 11.9. The van der Waals surface area contributed by atoms with Crippen LogP contribution in [0.15, 0.2) is 18.2 Å². The Morgan fingerprint density at radius 3 is 2.93 bits per heavy atom. The van der Waals surface area contributed by atoms with E-state index in [-0.39, 0.29) is 6.10 Å². The van der Waals surface area contributed by atoms with E-state index in [1.54, 1.807) is 18.2 Å². The summed E-state index contributed by atoms with van der Waals surface area (Å²) in [7, 11) is 0. The number of hydrogen-bond donors (Lipinski definition) is 1. The highest BCUT2D eigenvalue weighted by atomic mass is 35.5. The first-order chi connectivity index (χ1) is 7.25. The fraction of sp³-hybridized carbons (Fsp3) is 0.455. The van der Waals surface area contributed by atoms with Gasteiger partial charge in [-0.25, -0.2) is 0 Å². The molecule has 0 aliphatic carbocycles. The van der Waals surface area contributed by atoms with Gasteiger partial charge >= 0.3 is 0 Å². The second-order valence-corrected chi connectivity index (χ2v) is 4.50. The van der Waals surface area contributed by atoms with E-state index in [0.29, 0.717) is 15.8 Å². The van der Waals surface area contributed by atoms with Crippen molar-refractivity contribution in [1.29, 1.82) is 0 Å². The summed E-state index contributed by atoms with van der Waals surface area (Å²) in [4.78, 5) is 0. The molecule has 1 saturated heterocycles. The van der Waals surface area contributed by atoms with Crippen molar-refractivity contribution in [2.45, 2.75) is 18.9 Å². The predicted octanol–water partition coefficient (Wildman–Crippen LogP) is 3.12. The van der Waals surface area contributed by atoms with Gasteiger partial charge in [-0.05, 0) is 31.5 Å². The maximum atomic E-state index is 6.01. The van der Waals surface area contributed by atoms with E-state index in [9.17, 15) is 0 Å². The van der Waals surface area contributed by atoms with Crippen LogP contribution in [0.3, 0.4) is 0 Å². The quantitative estimate of drug-likeness (QED) is 0.865. The predicted molar refractivity (Wildman–Crippen MR) is 63.0 cm³/mol. The smallest absolute Gasteiger partial charge is 0.139 e. The highest BCUT2D eigenvalue weighted by molar-refractivity contribution is 6.34. The normalized spacial score (nSPS) is 21.3. The highest BCUT2D eigenvalue weighted by Gasteiger charge is 2.15. The van der Waals surface area contributed by atoms with Crippen LogP contribution in [-0.4, -0.2) is 19.2 Å². The van der Waals surface area contributed by atoms with Crippen LogP contribution in [-0.2, 0) is 0 Å². The topological polar surface area (TPSA) is 21.3 Å². The molecule has 4 heteroatoms. The van der Waals surface area contributed by atoms with Crippen molar-refractivity contribution in [3.63, 3.8) is 0 Å². The summed E-state index contributed by atoms with van der Waals surface area (Å²) in [5.74, 6) is 0.679. The van der Waals surface area contributed by atoms with Crippen molar-refractivity contribution in [2.24, 2.45) is 0 Å². The van der Waals surface area contributed by atoms with Gasteiger partial charge in [-0.2, -0.15) is 0 Å². The Morgan fingerprint density at radius 1 is 1.33 bits per heavy atom. The second kappa shape index (κ2) is 5.06. The molecule has 1 aliphatic rings. The molecule has 1 N–H and O–H groups in total. The maximum absolute atomic E-state index is 6.01. The van der Waals surface area contributed by atoms with Gasteiger partial charge in [-0.1, -0.05) is 23.2 Å². The molecule has 1 heterocycles. The van der Waals surface area contributed by atoms with Crippen LogP contribution in [0.4, 0.5) is 0 Å². The zero-order valence-corrected chi connectivity index (χ0v) is 9.81. The number of nitrogens with one attached hydrogen (secondary N) is 1. The molecule has 2 nitrogen and oxygen atoms in total. The molecule has 1 aromatic carbocycles. The third kappa shape index (κ3) is 3.00. The Kier molecular flexibility index (Phi) is 3.73. The summed E-state index contributed by atoms with van der Waals surface area (Å²) in [6.45, 7) is 1.95. The first-order valence-electron chi connectivity index (χ1n) is 5.08. The average molecular weight is 246 g/mol. The molecule has 2 rings (SSSR count). The lowest BCUT2D eigenvalue weighted by atomic mass is 10.1. The van der Waals surface area contributed by atoms with Crippen LogP contribution in [0.25, 0.3) is 0 Å². The van der Waals surface area contributed by atoms with E-state index in [0.717, 1.165) is 25.9 Å². The van der Waals surface area contributed by atoms with Crippen LogP contribution in [0.2, 0.25) is 10.0 Å². The molecule has 0 saturated carbocycles. The Hall–Kier alpha value is -0.440. The highest BCUT2D eigenvalue weighted by Crippen LogP contribution is 2.29. The largest absolute Gasteiger partial charge is 0.487 e. The Balaban J connectivity index is 2.05. The third-order valence-corrected chi connectivity index (χ3v) is 2.99. The van der Waals surface area contributed by atoms with E-state index >= 15 is 0 Å². The van der Waals surface area contributed by atoms with Crippen LogP contribution >= 0.6 is 23.2 Å². The van der Waals surface area contributed by atoms with Gasteiger partial charge in [0.15, 0.2) is 0 Å². The summed E-state index contributed by atoms with van der Waals surface area (Å²) in [6, 6.07) is 5.28. The van der Waals surface area contributed by atoms with E-state index < -0.39 is 0 Å². The third-order valence-electron chi connectivity index (χ3n) is 2.44. The van der Waals surface area contributed by atoms with E-state index in [1.807, 2.05) is 0 Å². The molecular formula is C11H13Cl2NO. The number of hydrogen-bond acceptors (Lipinski definition) is 2.